The van der Waals surface area contributed by atoms with Gasteiger partial charge in [0, 0.05) is 0 Å². The van der Waals surface area contributed by atoms with Crippen LogP contribution in [0, 0.1) is 0 Å². The lowest BCUT2D eigenvalue weighted by Crippen LogP contribution is -2.13. The smallest absolute Gasteiger partial charge is 0.157 e. The molecule has 1 aromatic carbocycles. The van der Waals surface area contributed by atoms with E-state index in [1.165, 1.54) is 5.56 Å². The van der Waals surface area contributed by atoms with Crippen molar-refractivity contribution in [3.8, 4) is 11.5 Å². The van der Waals surface area contributed by atoms with E-state index in [4.69, 9.17) is 4.98 Å². The molecule has 0 saturated carbocycles. The third kappa shape index (κ3) is 2.03. The predicted molar refractivity (Wildman–Crippen MR) is 81.1 cm³/mol. The highest BCUT2D eigenvalue weighted by Crippen LogP contribution is 2.30. The molecule has 4 heteroatoms. The van der Waals surface area contributed by atoms with E-state index in [1.807, 2.05) is 30.3 Å². The molecule has 0 spiro atoms. The predicted octanol–water partition coefficient (Wildman–Crippen LogP) is 3.24. The van der Waals surface area contributed by atoms with Gasteiger partial charge in [0.15, 0.2) is 5.82 Å². The number of hydrogen-bond acceptors (Lipinski definition) is 3. The molecule has 104 valence electrons. The lowest BCUT2D eigenvalue weighted by Gasteiger charge is -2.20. The number of H-pyrrole nitrogens is 1. The van der Waals surface area contributed by atoms with Crippen molar-refractivity contribution in [2.45, 2.75) is 25.2 Å². The number of nitrogens with zero attached hydrogens (tertiary/aromatic N) is 2. The van der Waals surface area contributed by atoms with Gasteiger partial charge in [0.2, 0.25) is 0 Å². The SMILES string of the molecule is O=CC1CCCc2ccc(-c3nc4ccccc4[nH]3)nc21. The van der Waals surface area contributed by atoms with Crippen LogP contribution in [0.2, 0.25) is 0 Å². The fraction of sp³-hybridized carbons (Fsp3) is 0.235. The first-order chi connectivity index (χ1) is 10.3. The summed E-state index contributed by atoms with van der Waals surface area (Å²) in [4.78, 5) is 23.8. The van der Waals surface area contributed by atoms with Crippen molar-refractivity contribution >= 4 is 17.3 Å². The Labute approximate surface area is 122 Å². The number of pyridine rings is 1. The summed E-state index contributed by atoms with van der Waals surface area (Å²) < 4.78 is 0. The van der Waals surface area contributed by atoms with Crippen molar-refractivity contribution in [1.82, 2.24) is 15.0 Å². The molecule has 0 aliphatic heterocycles. The average Bonchev–Trinajstić information content (AvgIpc) is 2.97. The van der Waals surface area contributed by atoms with Crippen LogP contribution in [0.1, 0.15) is 30.0 Å². The molecule has 1 N–H and O–H groups in total. The number of aryl methyl sites for hydroxylation is 1. The summed E-state index contributed by atoms with van der Waals surface area (Å²) >= 11 is 0. The topological polar surface area (TPSA) is 58.6 Å². The van der Waals surface area contributed by atoms with E-state index in [-0.39, 0.29) is 5.92 Å². The molecule has 21 heavy (non-hydrogen) atoms. The lowest BCUT2D eigenvalue weighted by molar-refractivity contribution is -0.109. The summed E-state index contributed by atoms with van der Waals surface area (Å²) in [7, 11) is 0. The zero-order valence-corrected chi connectivity index (χ0v) is 11.5. The van der Waals surface area contributed by atoms with Crippen LogP contribution in [-0.4, -0.2) is 21.2 Å². The van der Waals surface area contributed by atoms with Crippen molar-refractivity contribution < 1.29 is 4.79 Å². The van der Waals surface area contributed by atoms with Crippen molar-refractivity contribution in [2.24, 2.45) is 0 Å². The second-order valence-corrected chi connectivity index (χ2v) is 5.48. The Balaban J connectivity index is 1.83. The molecule has 2 heterocycles. The van der Waals surface area contributed by atoms with E-state index in [0.717, 1.165) is 53.8 Å². The highest BCUT2D eigenvalue weighted by Gasteiger charge is 2.22. The maximum atomic E-state index is 11.2. The maximum absolute atomic E-state index is 11.2. The number of aldehydes is 1. The molecule has 0 amide bonds. The number of aromatic nitrogens is 3. The number of para-hydroxylation sites is 2. The number of benzene rings is 1. The minimum absolute atomic E-state index is 0.0712. The van der Waals surface area contributed by atoms with E-state index in [1.54, 1.807) is 0 Å². The van der Waals surface area contributed by atoms with Crippen molar-refractivity contribution in [1.29, 1.82) is 0 Å². The molecular formula is C17H15N3O. The number of carbonyl (C=O) groups excluding carboxylic acids is 1. The molecule has 3 aromatic rings. The van der Waals surface area contributed by atoms with Gasteiger partial charge in [-0.25, -0.2) is 9.97 Å². The average molecular weight is 277 g/mol. The molecule has 0 saturated heterocycles. The van der Waals surface area contributed by atoms with E-state index in [9.17, 15) is 4.79 Å². The molecule has 4 rings (SSSR count). The van der Waals surface area contributed by atoms with Crippen molar-refractivity contribution in [2.75, 3.05) is 0 Å². The van der Waals surface area contributed by atoms with Gasteiger partial charge in [-0.15, -0.1) is 0 Å². The molecule has 2 aromatic heterocycles. The normalized spacial score (nSPS) is 17.6. The number of nitrogens with one attached hydrogen (secondary N) is 1. The quantitative estimate of drug-likeness (QED) is 0.731. The van der Waals surface area contributed by atoms with Gasteiger partial charge in [0.05, 0.1) is 22.6 Å². The Morgan fingerprint density at radius 3 is 2.90 bits per heavy atom. The molecule has 0 radical (unpaired) electrons. The van der Waals surface area contributed by atoms with Gasteiger partial charge in [-0.05, 0) is 43.0 Å². The first kappa shape index (κ1) is 12.3. The van der Waals surface area contributed by atoms with Crippen LogP contribution in [0.4, 0.5) is 0 Å². The van der Waals surface area contributed by atoms with Gasteiger partial charge in [-0.1, -0.05) is 18.2 Å². The lowest BCUT2D eigenvalue weighted by atomic mass is 9.87. The maximum Gasteiger partial charge on any atom is 0.157 e. The van der Waals surface area contributed by atoms with Gasteiger partial charge in [-0.3, -0.25) is 0 Å². The number of fused-ring (bicyclic) bond motifs is 2. The van der Waals surface area contributed by atoms with Crippen LogP contribution in [-0.2, 0) is 11.2 Å². The van der Waals surface area contributed by atoms with E-state index in [0.29, 0.717) is 0 Å². The second kappa shape index (κ2) is 4.81. The molecule has 1 aliphatic carbocycles. The van der Waals surface area contributed by atoms with Crippen LogP contribution in [0.15, 0.2) is 36.4 Å². The molecule has 1 aliphatic rings. The Bertz CT molecular complexity index is 789. The highest BCUT2D eigenvalue weighted by atomic mass is 16.1. The zero-order chi connectivity index (χ0) is 14.2. The third-order valence-corrected chi connectivity index (χ3v) is 4.12. The highest BCUT2D eigenvalue weighted by molar-refractivity contribution is 5.78. The van der Waals surface area contributed by atoms with Crippen molar-refractivity contribution in [3.63, 3.8) is 0 Å². The molecule has 1 atom stereocenters. The third-order valence-electron chi connectivity index (χ3n) is 4.12. The Morgan fingerprint density at radius 1 is 1.14 bits per heavy atom. The molecular weight excluding hydrogens is 262 g/mol. The number of aromatic amines is 1. The summed E-state index contributed by atoms with van der Waals surface area (Å²) in [5.41, 5.74) is 4.85. The monoisotopic (exact) mass is 277 g/mol. The van der Waals surface area contributed by atoms with Crippen LogP contribution in [0.5, 0.6) is 0 Å². The molecule has 4 nitrogen and oxygen atoms in total. The minimum Gasteiger partial charge on any atom is -0.337 e. The Morgan fingerprint density at radius 2 is 2.05 bits per heavy atom. The summed E-state index contributed by atoms with van der Waals surface area (Å²) in [5.74, 6) is 0.687. The summed E-state index contributed by atoms with van der Waals surface area (Å²) in [6.07, 6.45) is 3.98. The number of imidazole rings is 1. The fourth-order valence-corrected chi connectivity index (χ4v) is 3.02. The van der Waals surface area contributed by atoms with E-state index < -0.39 is 0 Å². The second-order valence-electron chi connectivity index (χ2n) is 5.48. The van der Waals surface area contributed by atoms with Crippen LogP contribution in [0.3, 0.4) is 0 Å². The fourth-order valence-electron chi connectivity index (χ4n) is 3.02. The summed E-state index contributed by atoms with van der Waals surface area (Å²) in [6, 6.07) is 12.0. The summed E-state index contributed by atoms with van der Waals surface area (Å²) in [6.45, 7) is 0. The van der Waals surface area contributed by atoms with Crippen LogP contribution >= 0.6 is 0 Å². The van der Waals surface area contributed by atoms with Gasteiger partial charge in [-0.2, -0.15) is 0 Å². The van der Waals surface area contributed by atoms with Crippen LogP contribution in [0.25, 0.3) is 22.6 Å². The van der Waals surface area contributed by atoms with Gasteiger partial charge >= 0.3 is 0 Å². The van der Waals surface area contributed by atoms with Crippen LogP contribution < -0.4 is 0 Å². The first-order valence-electron chi connectivity index (χ1n) is 7.25. The number of carbonyl (C=O) groups is 1. The van der Waals surface area contributed by atoms with E-state index in [2.05, 4.69) is 16.0 Å². The summed E-state index contributed by atoms with van der Waals surface area (Å²) in [5, 5.41) is 0. The van der Waals surface area contributed by atoms with E-state index >= 15 is 0 Å². The first-order valence-corrected chi connectivity index (χ1v) is 7.25. The van der Waals surface area contributed by atoms with Gasteiger partial charge in [0.1, 0.15) is 12.0 Å². The molecule has 0 bridgehead atoms. The number of hydrogen-bond donors (Lipinski definition) is 1. The van der Waals surface area contributed by atoms with Crippen molar-refractivity contribution in [3.05, 3.63) is 47.7 Å². The Kier molecular flexibility index (Phi) is 2.81. The number of rotatable bonds is 2. The Hall–Kier alpha value is -2.49. The standard InChI is InChI=1S/C17H15N3O/c21-10-12-5-3-4-11-8-9-15(18-16(11)12)17-19-13-6-1-2-7-14(13)20-17/h1-2,6-10,12H,3-5H2,(H,19,20). The minimum atomic E-state index is -0.0712. The van der Waals surface area contributed by atoms with Gasteiger partial charge in [0.25, 0.3) is 0 Å². The molecule has 1 unspecified atom stereocenters. The largest absolute Gasteiger partial charge is 0.337 e. The van der Waals surface area contributed by atoms with Gasteiger partial charge < -0.3 is 9.78 Å². The zero-order valence-electron chi connectivity index (χ0n) is 11.5. The molecule has 0 fully saturated rings.